The van der Waals surface area contributed by atoms with E-state index in [4.69, 9.17) is 13.9 Å². The predicted molar refractivity (Wildman–Crippen MR) is 114 cm³/mol. The molecule has 0 spiro atoms. The van der Waals surface area contributed by atoms with Crippen molar-refractivity contribution in [3.8, 4) is 11.5 Å². The molecule has 1 amide bonds. The minimum absolute atomic E-state index is 0.0481. The van der Waals surface area contributed by atoms with Crippen molar-refractivity contribution in [3.63, 3.8) is 0 Å². The average molecular weight is 459 g/mol. The molecule has 32 heavy (non-hydrogen) atoms. The van der Waals surface area contributed by atoms with Gasteiger partial charge in [0.1, 0.15) is 13.2 Å². The summed E-state index contributed by atoms with van der Waals surface area (Å²) in [4.78, 5) is 26.6. The lowest BCUT2D eigenvalue weighted by Gasteiger charge is -2.30. The van der Waals surface area contributed by atoms with Gasteiger partial charge in [0.15, 0.2) is 17.1 Å². The number of H-pyrrole nitrogens is 1. The fourth-order valence-corrected chi connectivity index (χ4v) is 5.44. The summed E-state index contributed by atoms with van der Waals surface area (Å²) in [6.07, 6.45) is 0.800. The molecule has 0 unspecified atom stereocenters. The summed E-state index contributed by atoms with van der Waals surface area (Å²) >= 11 is 0. The monoisotopic (exact) mass is 459 g/mol. The zero-order chi connectivity index (χ0) is 22.3. The van der Waals surface area contributed by atoms with Gasteiger partial charge in [-0.3, -0.25) is 9.78 Å². The van der Waals surface area contributed by atoms with Gasteiger partial charge in [0.25, 0.3) is 0 Å². The maximum Gasteiger partial charge on any atom is 0.417 e. The normalized spacial score (nSPS) is 17.4. The van der Waals surface area contributed by atoms with Crippen LogP contribution in [-0.2, 0) is 14.8 Å². The standard InChI is InChI=1S/C21H21N3O7S/c25-20(22-14-1-4-17-19(11-14)30-10-9-29-17)13-5-7-24(8-6-13)32(27,28)15-2-3-16-18(12-15)31-21(26)23-16/h1-4,11-13H,5-10H2,(H,22,25)(H,23,26). The second-order valence-corrected chi connectivity index (χ2v) is 9.64. The summed E-state index contributed by atoms with van der Waals surface area (Å²) in [5, 5.41) is 2.88. The van der Waals surface area contributed by atoms with Gasteiger partial charge in [-0.2, -0.15) is 4.31 Å². The van der Waals surface area contributed by atoms with Gasteiger partial charge in [-0.1, -0.05) is 0 Å². The number of benzene rings is 2. The van der Waals surface area contributed by atoms with Crippen LogP contribution in [-0.4, -0.2) is 49.9 Å². The Morgan fingerprint density at radius 3 is 2.56 bits per heavy atom. The van der Waals surface area contributed by atoms with E-state index in [9.17, 15) is 18.0 Å². The molecule has 0 radical (unpaired) electrons. The lowest BCUT2D eigenvalue weighted by molar-refractivity contribution is -0.120. The number of nitrogens with one attached hydrogen (secondary N) is 2. The minimum Gasteiger partial charge on any atom is -0.486 e. The van der Waals surface area contributed by atoms with E-state index in [1.54, 1.807) is 18.2 Å². The number of amides is 1. The first-order chi connectivity index (χ1) is 15.4. The number of carbonyl (C=O) groups is 1. The van der Waals surface area contributed by atoms with Crippen molar-refractivity contribution in [1.29, 1.82) is 0 Å². The molecule has 2 aliphatic rings. The fourth-order valence-electron chi connectivity index (χ4n) is 3.96. The number of aromatic amines is 1. The second kappa shape index (κ2) is 7.99. The molecule has 0 bridgehead atoms. The topological polar surface area (TPSA) is 131 Å². The molecule has 1 fully saturated rings. The first-order valence-corrected chi connectivity index (χ1v) is 11.7. The summed E-state index contributed by atoms with van der Waals surface area (Å²) in [5.74, 6) is 0.128. The molecule has 2 aliphatic heterocycles. The third-order valence-electron chi connectivity index (χ3n) is 5.66. The Hall–Kier alpha value is -3.31. The van der Waals surface area contributed by atoms with Gasteiger partial charge in [-0.15, -0.1) is 0 Å². The molecule has 0 aliphatic carbocycles. The number of sulfonamides is 1. The van der Waals surface area contributed by atoms with Crippen molar-refractivity contribution < 1.29 is 27.1 Å². The average Bonchev–Trinajstić information content (AvgIpc) is 3.18. The zero-order valence-electron chi connectivity index (χ0n) is 17.0. The molecule has 3 aromatic rings. The molecule has 1 saturated heterocycles. The molecule has 0 saturated carbocycles. The number of aromatic nitrogens is 1. The van der Waals surface area contributed by atoms with E-state index in [0.29, 0.717) is 48.8 Å². The van der Waals surface area contributed by atoms with Gasteiger partial charge < -0.3 is 19.2 Å². The van der Waals surface area contributed by atoms with E-state index in [-0.39, 0.29) is 35.4 Å². The van der Waals surface area contributed by atoms with Crippen molar-refractivity contribution in [2.45, 2.75) is 17.7 Å². The summed E-state index contributed by atoms with van der Waals surface area (Å²) in [6, 6.07) is 9.50. The lowest BCUT2D eigenvalue weighted by Crippen LogP contribution is -2.41. The highest BCUT2D eigenvalue weighted by molar-refractivity contribution is 7.89. The van der Waals surface area contributed by atoms with Crippen LogP contribution in [0.4, 0.5) is 5.69 Å². The number of oxazole rings is 1. The summed E-state index contributed by atoms with van der Waals surface area (Å²) < 4.78 is 43.4. The summed E-state index contributed by atoms with van der Waals surface area (Å²) in [7, 11) is -3.77. The van der Waals surface area contributed by atoms with Crippen LogP contribution in [0, 0.1) is 5.92 Å². The molecular weight excluding hydrogens is 438 g/mol. The number of rotatable bonds is 4. The molecule has 3 heterocycles. The maximum absolute atomic E-state index is 13.0. The minimum atomic E-state index is -3.77. The van der Waals surface area contributed by atoms with Crippen LogP contribution >= 0.6 is 0 Å². The number of anilines is 1. The second-order valence-electron chi connectivity index (χ2n) is 7.70. The Morgan fingerprint density at radius 1 is 1.03 bits per heavy atom. The quantitative estimate of drug-likeness (QED) is 0.609. The smallest absolute Gasteiger partial charge is 0.417 e. The Labute approximate surface area is 183 Å². The molecule has 10 nitrogen and oxygen atoms in total. The molecule has 5 rings (SSSR count). The van der Waals surface area contributed by atoms with E-state index in [2.05, 4.69) is 10.3 Å². The molecule has 1 aromatic heterocycles. The van der Waals surface area contributed by atoms with Gasteiger partial charge in [-0.05, 0) is 37.1 Å². The van der Waals surface area contributed by atoms with Gasteiger partial charge in [0.05, 0.1) is 10.4 Å². The first kappa shape index (κ1) is 20.6. The van der Waals surface area contributed by atoms with E-state index in [1.165, 1.54) is 22.5 Å². The Balaban J connectivity index is 1.24. The van der Waals surface area contributed by atoms with E-state index in [0.717, 1.165) is 0 Å². The highest BCUT2D eigenvalue weighted by Crippen LogP contribution is 2.33. The van der Waals surface area contributed by atoms with Crippen LogP contribution in [0.2, 0.25) is 0 Å². The van der Waals surface area contributed by atoms with Crippen molar-refractivity contribution in [2.24, 2.45) is 5.92 Å². The van der Waals surface area contributed by atoms with Crippen LogP contribution < -0.4 is 20.5 Å². The fraction of sp³-hybridized carbons (Fsp3) is 0.333. The Morgan fingerprint density at radius 2 is 1.78 bits per heavy atom. The van der Waals surface area contributed by atoms with Crippen molar-refractivity contribution >= 4 is 32.7 Å². The molecule has 2 N–H and O–H groups in total. The third-order valence-corrected chi connectivity index (χ3v) is 7.56. The van der Waals surface area contributed by atoms with Crippen molar-refractivity contribution in [2.75, 3.05) is 31.6 Å². The van der Waals surface area contributed by atoms with E-state index >= 15 is 0 Å². The number of carbonyl (C=O) groups excluding carboxylic acids is 1. The molecule has 168 valence electrons. The number of hydrogen-bond donors (Lipinski definition) is 2. The van der Waals surface area contributed by atoms with Crippen LogP contribution in [0.15, 0.2) is 50.5 Å². The molecule has 0 atom stereocenters. The third kappa shape index (κ3) is 3.84. The Bertz CT molecular complexity index is 1340. The first-order valence-electron chi connectivity index (χ1n) is 10.2. The van der Waals surface area contributed by atoms with Crippen molar-refractivity contribution in [3.05, 3.63) is 46.9 Å². The highest BCUT2D eigenvalue weighted by atomic mass is 32.2. The van der Waals surface area contributed by atoms with Gasteiger partial charge in [0.2, 0.25) is 15.9 Å². The van der Waals surface area contributed by atoms with Crippen molar-refractivity contribution in [1.82, 2.24) is 9.29 Å². The Kier molecular flexibility index (Phi) is 5.14. The number of fused-ring (bicyclic) bond motifs is 2. The number of ether oxygens (including phenoxy) is 2. The van der Waals surface area contributed by atoms with Gasteiger partial charge >= 0.3 is 5.76 Å². The number of hydrogen-bond acceptors (Lipinski definition) is 7. The van der Waals surface area contributed by atoms with Crippen LogP contribution in [0.1, 0.15) is 12.8 Å². The van der Waals surface area contributed by atoms with Crippen LogP contribution in [0.25, 0.3) is 11.1 Å². The van der Waals surface area contributed by atoms with E-state index in [1.807, 2.05) is 0 Å². The highest BCUT2D eigenvalue weighted by Gasteiger charge is 2.32. The molecule has 2 aromatic carbocycles. The van der Waals surface area contributed by atoms with Gasteiger partial charge in [-0.25, -0.2) is 13.2 Å². The van der Waals surface area contributed by atoms with Crippen LogP contribution in [0.5, 0.6) is 11.5 Å². The largest absolute Gasteiger partial charge is 0.486 e. The lowest BCUT2D eigenvalue weighted by atomic mass is 9.97. The maximum atomic E-state index is 13.0. The number of piperidine rings is 1. The van der Waals surface area contributed by atoms with Gasteiger partial charge in [0, 0.05) is 36.8 Å². The predicted octanol–water partition coefficient (Wildman–Crippen LogP) is 1.93. The summed E-state index contributed by atoms with van der Waals surface area (Å²) in [5.41, 5.74) is 1.23. The summed E-state index contributed by atoms with van der Waals surface area (Å²) in [6.45, 7) is 1.39. The SMILES string of the molecule is O=C(Nc1ccc2c(c1)OCCO2)C1CCN(S(=O)(=O)c2ccc3[nH]c(=O)oc3c2)CC1. The van der Waals surface area contributed by atoms with E-state index < -0.39 is 15.8 Å². The van der Waals surface area contributed by atoms with Crippen LogP contribution in [0.3, 0.4) is 0 Å². The number of nitrogens with zero attached hydrogens (tertiary/aromatic N) is 1. The zero-order valence-corrected chi connectivity index (χ0v) is 17.8. The molecular formula is C21H21N3O7S. The molecule has 11 heteroatoms.